The van der Waals surface area contributed by atoms with Gasteiger partial charge in [0, 0.05) is 6.07 Å². The number of ether oxygens (including phenoxy) is 1. The Morgan fingerprint density at radius 2 is 2.24 bits per heavy atom. The zero-order valence-electron chi connectivity index (χ0n) is 13.5. The predicted molar refractivity (Wildman–Crippen MR) is 87.5 cm³/mol. The molecule has 0 N–H and O–H groups in total. The Bertz CT molecular complexity index is 1020. The number of esters is 1. The van der Waals surface area contributed by atoms with E-state index in [4.69, 9.17) is 9.26 Å². The number of amides is 1. The summed E-state index contributed by atoms with van der Waals surface area (Å²) >= 11 is 1.09. The Balaban J connectivity index is 2.13. The van der Waals surface area contributed by atoms with E-state index in [1.54, 1.807) is 26.0 Å². The van der Waals surface area contributed by atoms with Crippen molar-refractivity contribution in [3.63, 3.8) is 0 Å². The SMILES string of the molecule is CCOC(=O)Cn1c(=NC(=O)c2cc(C)no2)sc2cccc(F)c21. The van der Waals surface area contributed by atoms with Crippen molar-refractivity contribution in [2.75, 3.05) is 6.61 Å². The first kappa shape index (κ1) is 17.0. The van der Waals surface area contributed by atoms with Crippen molar-refractivity contribution >= 4 is 33.4 Å². The van der Waals surface area contributed by atoms with Gasteiger partial charge in [-0.3, -0.25) is 9.59 Å². The molecule has 0 radical (unpaired) electrons. The van der Waals surface area contributed by atoms with Crippen molar-refractivity contribution in [2.45, 2.75) is 20.4 Å². The first-order valence-corrected chi connectivity index (χ1v) is 8.27. The summed E-state index contributed by atoms with van der Waals surface area (Å²) < 4.78 is 25.9. The van der Waals surface area contributed by atoms with Crippen LogP contribution in [-0.2, 0) is 16.1 Å². The van der Waals surface area contributed by atoms with Crippen molar-refractivity contribution in [1.29, 1.82) is 0 Å². The maximum absolute atomic E-state index is 14.2. The molecule has 9 heteroatoms. The lowest BCUT2D eigenvalue weighted by molar-refractivity contribution is -0.143. The molecule has 3 rings (SSSR count). The van der Waals surface area contributed by atoms with Crippen LogP contribution in [0.2, 0.25) is 0 Å². The molecular weight excluding hydrogens is 349 g/mol. The maximum Gasteiger partial charge on any atom is 0.326 e. The lowest BCUT2D eigenvalue weighted by Gasteiger charge is -2.05. The van der Waals surface area contributed by atoms with Crippen LogP contribution in [0.4, 0.5) is 4.39 Å². The Morgan fingerprint density at radius 3 is 2.92 bits per heavy atom. The second-order valence-corrected chi connectivity index (χ2v) is 6.12. The number of rotatable bonds is 4. The molecule has 25 heavy (non-hydrogen) atoms. The lowest BCUT2D eigenvalue weighted by Crippen LogP contribution is -2.23. The number of thiazole rings is 1. The average Bonchev–Trinajstić information content (AvgIpc) is 3.13. The number of hydrogen-bond acceptors (Lipinski definition) is 6. The van der Waals surface area contributed by atoms with E-state index in [0.29, 0.717) is 10.4 Å². The van der Waals surface area contributed by atoms with Crippen molar-refractivity contribution in [3.8, 4) is 0 Å². The summed E-state index contributed by atoms with van der Waals surface area (Å²) in [5, 5.41) is 3.64. The standard InChI is InChI=1S/C16H14FN3O4S/c1-3-23-13(21)8-20-14-10(17)5-4-6-12(14)25-16(20)18-15(22)11-7-9(2)19-24-11/h4-7H,3,8H2,1-2H3. The molecule has 0 spiro atoms. The number of carbonyl (C=O) groups excluding carboxylic acids is 2. The van der Waals surface area contributed by atoms with Gasteiger partial charge in [0.2, 0.25) is 5.76 Å². The number of carbonyl (C=O) groups is 2. The summed E-state index contributed by atoms with van der Waals surface area (Å²) in [6.45, 7) is 3.30. The molecule has 0 saturated carbocycles. The van der Waals surface area contributed by atoms with Gasteiger partial charge in [-0.2, -0.15) is 4.99 Å². The summed E-state index contributed by atoms with van der Waals surface area (Å²) in [6, 6.07) is 5.97. The number of para-hydroxylation sites is 1. The molecule has 0 atom stereocenters. The van der Waals surface area contributed by atoms with Crippen LogP contribution in [0.3, 0.4) is 0 Å². The summed E-state index contributed by atoms with van der Waals surface area (Å²) in [6.07, 6.45) is 0. The van der Waals surface area contributed by atoms with Crippen LogP contribution in [0.1, 0.15) is 23.2 Å². The van der Waals surface area contributed by atoms with Crippen LogP contribution >= 0.6 is 11.3 Å². The van der Waals surface area contributed by atoms with Gasteiger partial charge < -0.3 is 13.8 Å². The van der Waals surface area contributed by atoms with Crippen LogP contribution in [0, 0.1) is 12.7 Å². The Labute approximate surface area is 145 Å². The predicted octanol–water partition coefficient (Wildman–Crippen LogP) is 2.44. The van der Waals surface area contributed by atoms with Crippen LogP contribution in [0.25, 0.3) is 10.2 Å². The highest BCUT2D eigenvalue weighted by atomic mass is 32.1. The highest BCUT2D eigenvalue weighted by Gasteiger charge is 2.17. The Kier molecular flexibility index (Phi) is 4.75. The Hall–Kier alpha value is -2.81. The molecule has 2 heterocycles. The Morgan fingerprint density at radius 1 is 1.44 bits per heavy atom. The number of aromatic nitrogens is 2. The molecule has 3 aromatic rings. The van der Waals surface area contributed by atoms with Crippen molar-refractivity contribution in [3.05, 3.63) is 46.3 Å². The second kappa shape index (κ2) is 6.98. The molecule has 0 fully saturated rings. The summed E-state index contributed by atoms with van der Waals surface area (Å²) in [7, 11) is 0. The minimum Gasteiger partial charge on any atom is -0.465 e. The van der Waals surface area contributed by atoms with E-state index in [0.717, 1.165) is 11.3 Å². The molecule has 0 aliphatic rings. The molecule has 7 nitrogen and oxygen atoms in total. The first-order valence-electron chi connectivity index (χ1n) is 7.45. The maximum atomic E-state index is 14.2. The minimum atomic E-state index is -0.662. The van der Waals surface area contributed by atoms with Crippen LogP contribution in [-0.4, -0.2) is 28.2 Å². The van der Waals surface area contributed by atoms with Crippen LogP contribution in [0.5, 0.6) is 0 Å². The fraction of sp³-hybridized carbons (Fsp3) is 0.250. The zero-order valence-corrected chi connectivity index (χ0v) is 14.3. The van der Waals surface area contributed by atoms with E-state index in [9.17, 15) is 14.0 Å². The molecule has 0 aliphatic heterocycles. The van der Waals surface area contributed by atoms with Gasteiger partial charge in [0.05, 0.1) is 22.5 Å². The van der Waals surface area contributed by atoms with Gasteiger partial charge >= 0.3 is 11.9 Å². The zero-order chi connectivity index (χ0) is 18.0. The molecule has 0 bridgehead atoms. The van der Waals surface area contributed by atoms with Gasteiger partial charge in [0.25, 0.3) is 0 Å². The summed E-state index contributed by atoms with van der Waals surface area (Å²) in [5.74, 6) is -1.75. The van der Waals surface area contributed by atoms with Crippen LogP contribution in [0.15, 0.2) is 33.8 Å². The highest BCUT2D eigenvalue weighted by molar-refractivity contribution is 7.16. The number of halogens is 1. The quantitative estimate of drug-likeness (QED) is 0.665. The second-order valence-electron chi connectivity index (χ2n) is 5.11. The largest absolute Gasteiger partial charge is 0.465 e. The van der Waals surface area contributed by atoms with Gasteiger partial charge in [0.15, 0.2) is 4.80 Å². The summed E-state index contributed by atoms with van der Waals surface area (Å²) in [4.78, 5) is 28.2. The topological polar surface area (TPSA) is 86.7 Å². The smallest absolute Gasteiger partial charge is 0.326 e. The molecule has 130 valence electrons. The molecule has 2 aromatic heterocycles. The summed E-state index contributed by atoms with van der Waals surface area (Å²) in [5.41, 5.74) is 0.737. The molecule has 0 unspecified atom stereocenters. The molecule has 0 saturated heterocycles. The number of nitrogens with zero attached hydrogens (tertiary/aromatic N) is 3. The number of benzene rings is 1. The van der Waals surface area contributed by atoms with Gasteiger partial charge in [-0.1, -0.05) is 22.6 Å². The number of hydrogen-bond donors (Lipinski definition) is 0. The normalized spacial score (nSPS) is 11.9. The van der Waals surface area contributed by atoms with E-state index in [-0.39, 0.29) is 29.2 Å². The third-order valence-electron chi connectivity index (χ3n) is 3.28. The monoisotopic (exact) mass is 363 g/mol. The third kappa shape index (κ3) is 3.50. The van der Waals surface area contributed by atoms with E-state index in [1.807, 2.05) is 0 Å². The average molecular weight is 363 g/mol. The van der Waals surface area contributed by atoms with Gasteiger partial charge in [0.1, 0.15) is 12.4 Å². The fourth-order valence-electron chi connectivity index (χ4n) is 2.26. The highest BCUT2D eigenvalue weighted by Crippen LogP contribution is 2.20. The van der Waals surface area contributed by atoms with E-state index in [2.05, 4.69) is 10.1 Å². The lowest BCUT2D eigenvalue weighted by atomic mass is 10.3. The van der Waals surface area contributed by atoms with E-state index in [1.165, 1.54) is 16.7 Å². The third-order valence-corrected chi connectivity index (χ3v) is 4.32. The van der Waals surface area contributed by atoms with Gasteiger partial charge in [-0.25, -0.2) is 4.39 Å². The fourth-order valence-corrected chi connectivity index (χ4v) is 3.30. The number of aryl methyl sites for hydroxylation is 1. The minimum absolute atomic E-state index is 0.0295. The van der Waals surface area contributed by atoms with Gasteiger partial charge in [-0.05, 0) is 26.0 Å². The van der Waals surface area contributed by atoms with Crippen molar-refractivity contribution < 1.29 is 23.2 Å². The first-order chi connectivity index (χ1) is 12.0. The molecule has 0 aliphatic carbocycles. The van der Waals surface area contributed by atoms with E-state index < -0.39 is 17.7 Å². The molecule has 1 amide bonds. The number of fused-ring (bicyclic) bond motifs is 1. The van der Waals surface area contributed by atoms with E-state index >= 15 is 0 Å². The van der Waals surface area contributed by atoms with Crippen molar-refractivity contribution in [2.24, 2.45) is 4.99 Å². The molecule has 1 aromatic carbocycles. The van der Waals surface area contributed by atoms with Gasteiger partial charge in [-0.15, -0.1) is 0 Å². The van der Waals surface area contributed by atoms with Crippen molar-refractivity contribution in [1.82, 2.24) is 9.72 Å². The van der Waals surface area contributed by atoms with Crippen LogP contribution < -0.4 is 4.80 Å². The molecular formula is C16H14FN3O4S.